The first-order chi connectivity index (χ1) is 37.8. The summed E-state index contributed by atoms with van der Waals surface area (Å²) in [5.74, 6) is -12.5. The number of nitrogens with one attached hydrogen (secondary N) is 13. The molecular weight excluding hydrogens is 1070 g/mol. The minimum Gasteiger partial charge on any atom is -0.481 e. The van der Waals surface area contributed by atoms with Crippen LogP contribution in [-0.4, -0.2) is 217 Å². The van der Waals surface area contributed by atoms with Gasteiger partial charge in [-0.15, -0.1) is 0 Å². The molecule has 0 unspecified atom stereocenters. The van der Waals surface area contributed by atoms with Crippen molar-refractivity contribution in [2.75, 3.05) is 13.7 Å². The first-order valence-electron chi connectivity index (χ1n) is 24.6. The molecule has 34 nitrogen and oxygen atoms in total. The highest BCUT2D eigenvalue weighted by Crippen LogP contribution is 2.08. The molecule has 1 heterocycles. The summed E-state index contributed by atoms with van der Waals surface area (Å²) in [7, 11) is 0.932. The van der Waals surface area contributed by atoms with Crippen molar-refractivity contribution in [3.05, 3.63) is 12.2 Å². The number of hydrogen-bond acceptors (Lipinski definition) is 25. The molecule has 7 amide bonds. The number of amides is 7. The molecule has 0 saturated heterocycles. The Morgan fingerprint density at radius 1 is 0.562 bits per heavy atom. The van der Waals surface area contributed by atoms with Crippen LogP contribution >= 0.6 is 0 Å². The van der Waals surface area contributed by atoms with Crippen molar-refractivity contribution in [2.45, 2.75) is 159 Å². The molecule has 34 heteroatoms. The Kier molecular flexibility index (Phi) is 32.2. The molecule has 14 atom stereocenters. The molecule has 0 radical (unpaired) electrons. The lowest BCUT2D eigenvalue weighted by Crippen LogP contribution is -2.70. The van der Waals surface area contributed by atoms with Crippen LogP contribution in [0, 0.1) is 0 Å². The number of aldehydes is 7. The summed E-state index contributed by atoms with van der Waals surface area (Å²) < 4.78 is 4.66. The SMILES string of the molecule is COC(=O)[C@@H](NC(=O)[C@@H](NC(=O)[C@@H](NC(=O)[C@@H](NC(=O)[C@H](N[C@@H](C)C=O)N1CC=CCCC(=O)N[C@@H](N[C@H](C=O)CCC(=O)O)C(=O)N[C@@H](N[C@@H](C)C=O)C1=O)N[C@@H](C)C=O)N[C@@H](C)C=O)N[C@H](C=O)CCC(=O)O)N[C@@H](C)C=O. The van der Waals surface area contributed by atoms with Gasteiger partial charge in [0.05, 0.1) is 49.4 Å². The van der Waals surface area contributed by atoms with Crippen molar-refractivity contribution >= 4 is 103 Å². The largest absolute Gasteiger partial charge is 0.481 e. The number of nitrogens with zero attached hydrogens (tertiary/aromatic N) is 1. The third-order valence-electron chi connectivity index (χ3n) is 10.9. The molecule has 0 aliphatic carbocycles. The number of carbonyl (C=O) groups is 17. The number of rotatable bonds is 37. The van der Waals surface area contributed by atoms with Gasteiger partial charge in [-0.2, -0.15) is 0 Å². The van der Waals surface area contributed by atoms with Crippen LogP contribution in [0.5, 0.6) is 0 Å². The van der Waals surface area contributed by atoms with Gasteiger partial charge in [0.25, 0.3) is 35.4 Å². The average molecular weight is 1140 g/mol. The average Bonchev–Trinajstić information content (AvgIpc) is 3.44. The van der Waals surface area contributed by atoms with Crippen LogP contribution in [0.25, 0.3) is 0 Å². The first kappa shape index (κ1) is 69.9. The molecular formula is C46H70N14O20. The third-order valence-corrected chi connectivity index (χ3v) is 10.9. The highest BCUT2D eigenvalue weighted by atomic mass is 16.5. The molecule has 0 fully saturated rings. The third kappa shape index (κ3) is 25.5. The van der Waals surface area contributed by atoms with Crippen LogP contribution in [0.3, 0.4) is 0 Å². The van der Waals surface area contributed by atoms with E-state index in [1.807, 2.05) is 0 Å². The van der Waals surface area contributed by atoms with Gasteiger partial charge >= 0.3 is 17.9 Å². The molecule has 15 N–H and O–H groups in total. The number of allylic oxidation sites excluding steroid dienone is 1. The monoisotopic (exact) mass is 1140 g/mol. The van der Waals surface area contributed by atoms with Gasteiger partial charge in [0, 0.05) is 25.8 Å². The van der Waals surface area contributed by atoms with E-state index in [1.165, 1.54) is 46.8 Å². The van der Waals surface area contributed by atoms with Gasteiger partial charge in [-0.05, 0) is 53.9 Å². The van der Waals surface area contributed by atoms with E-state index in [9.17, 15) is 86.6 Å². The maximum absolute atomic E-state index is 14.8. The number of hydrogen-bond donors (Lipinski definition) is 15. The van der Waals surface area contributed by atoms with E-state index in [2.05, 4.69) is 73.9 Å². The van der Waals surface area contributed by atoms with Crippen molar-refractivity contribution in [3.8, 4) is 0 Å². The Labute approximate surface area is 457 Å². The van der Waals surface area contributed by atoms with E-state index in [1.54, 1.807) is 0 Å². The molecule has 0 aromatic rings. The second kappa shape index (κ2) is 36.9. The summed E-state index contributed by atoms with van der Waals surface area (Å²) in [5, 5.41) is 49.2. The Morgan fingerprint density at radius 3 is 1.46 bits per heavy atom. The highest BCUT2D eigenvalue weighted by molar-refractivity contribution is 5.98. The zero-order valence-corrected chi connectivity index (χ0v) is 44.4. The Bertz CT molecular complexity index is 2260. The summed E-state index contributed by atoms with van der Waals surface area (Å²) in [6, 6.07) is -9.13. The predicted molar refractivity (Wildman–Crippen MR) is 270 cm³/mol. The molecule has 0 aromatic carbocycles. The fraction of sp³-hybridized carbons (Fsp3) is 0.587. The van der Waals surface area contributed by atoms with Gasteiger partial charge in [0.2, 0.25) is 5.91 Å². The van der Waals surface area contributed by atoms with Crippen molar-refractivity contribution in [3.63, 3.8) is 0 Å². The lowest BCUT2D eigenvalue weighted by molar-refractivity contribution is -0.147. The number of carboxylic acids is 2. The van der Waals surface area contributed by atoms with Crippen LogP contribution in [0.1, 0.15) is 73.1 Å². The second-order valence-corrected chi connectivity index (χ2v) is 17.8. The Balaban J connectivity index is 3.97. The van der Waals surface area contributed by atoms with Crippen LogP contribution in [0.15, 0.2) is 12.2 Å². The normalized spacial score (nSPS) is 19.4. The van der Waals surface area contributed by atoms with Gasteiger partial charge in [-0.3, -0.25) is 80.4 Å². The van der Waals surface area contributed by atoms with Crippen LogP contribution in [0.2, 0.25) is 0 Å². The molecule has 1 rings (SSSR count). The van der Waals surface area contributed by atoms with Crippen LogP contribution < -0.4 is 69.1 Å². The van der Waals surface area contributed by atoms with Crippen molar-refractivity contribution in [1.82, 2.24) is 74.0 Å². The van der Waals surface area contributed by atoms with Crippen LogP contribution in [-0.2, 0) is 86.2 Å². The highest BCUT2D eigenvalue weighted by Gasteiger charge is 2.40. The Morgan fingerprint density at radius 2 is 1.00 bits per heavy atom. The zero-order chi connectivity index (χ0) is 60.6. The summed E-state index contributed by atoms with van der Waals surface area (Å²) in [4.78, 5) is 218. The molecule has 80 heavy (non-hydrogen) atoms. The maximum atomic E-state index is 14.8. The fourth-order valence-electron chi connectivity index (χ4n) is 6.73. The number of carbonyl (C=O) groups excluding carboxylic acids is 15. The molecule has 0 bridgehead atoms. The van der Waals surface area contributed by atoms with E-state index in [0.29, 0.717) is 18.9 Å². The summed E-state index contributed by atoms with van der Waals surface area (Å²) in [6.45, 7) is 5.61. The Hall–Kier alpha value is -8.15. The quantitative estimate of drug-likeness (QED) is 0.0119. The molecule has 1 aliphatic rings. The van der Waals surface area contributed by atoms with Crippen molar-refractivity contribution in [2.24, 2.45) is 0 Å². The second-order valence-electron chi connectivity index (χ2n) is 17.8. The van der Waals surface area contributed by atoms with Crippen molar-refractivity contribution in [1.29, 1.82) is 0 Å². The zero-order valence-electron chi connectivity index (χ0n) is 44.4. The van der Waals surface area contributed by atoms with Gasteiger partial charge in [0.1, 0.15) is 44.0 Å². The summed E-state index contributed by atoms with van der Waals surface area (Å²) in [5.41, 5.74) is 0. The summed E-state index contributed by atoms with van der Waals surface area (Å²) in [6.07, 6.45) is -11.8. The van der Waals surface area contributed by atoms with E-state index >= 15 is 0 Å². The topological polar surface area (TPSA) is 500 Å². The lowest BCUT2D eigenvalue weighted by Gasteiger charge is -2.36. The van der Waals surface area contributed by atoms with E-state index < -0.39 is 171 Å². The summed E-state index contributed by atoms with van der Waals surface area (Å²) >= 11 is 0. The van der Waals surface area contributed by atoms with Crippen molar-refractivity contribution < 1.29 is 96.5 Å². The van der Waals surface area contributed by atoms with Gasteiger partial charge in [-0.25, -0.2) is 4.79 Å². The molecule has 0 aromatic heterocycles. The van der Waals surface area contributed by atoms with Crippen LogP contribution in [0.4, 0.5) is 0 Å². The minimum atomic E-state index is -2.14. The smallest absolute Gasteiger partial charge is 0.343 e. The number of esters is 1. The fourth-order valence-corrected chi connectivity index (χ4v) is 6.73. The number of methoxy groups -OCH3 is 1. The molecule has 1 aliphatic heterocycles. The van der Waals surface area contributed by atoms with E-state index in [-0.39, 0.29) is 44.4 Å². The number of ether oxygens (including phenoxy) is 1. The maximum Gasteiger partial charge on any atom is 0.343 e. The van der Waals surface area contributed by atoms with E-state index in [4.69, 9.17) is 5.11 Å². The predicted octanol–water partition coefficient (Wildman–Crippen LogP) is -8.75. The van der Waals surface area contributed by atoms with Gasteiger partial charge in [0.15, 0.2) is 43.2 Å². The van der Waals surface area contributed by atoms with Gasteiger partial charge in [-0.1, -0.05) is 12.2 Å². The molecule has 444 valence electrons. The minimum absolute atomic E-state index is 0.0752. The number of carboxylic acid groups (broad SMARTS) is 2. The number of aliphatic carboxylic acids is 2. The van der Waals surface area contributed by atoms with E-state index in [0.717, 1.165) is 12.0 Å². The van der Waals surface area contributed by atoms with Gasteiger partial charge < -0.3 is 85.3 Å². The lowest BCUT2D eigenvalue weighted by atomic mass is 10.1. The first-order valence-corrected chi connectivity index (χ1v) is 24.6. The molecule has 0 spiro atoms. The standard InChI is InChI=1S/C46H70N14O20/c1-23(16-61)47-33(40(73)56-36(53-29(22-67)12-14-32(71)72)43(76)59-38(46(79)80-6)50-26(4)19-64)55-41(74)34(48-24(2)17-62)57-44(77)39(51-27(5)20-65)60-15-9-7-8-10-30(68)54-35(52-28(21-66)11-13-31(69)70)42(75)58-37(45(60)78)49-25(3)18-63/h7,9,16-29,33-39,47-53H,8,10-15H2,1-6H3,(H,54,68)(H,55,74)(H,56,73)(H,57,77)(H,58,75)(H,59,76)(H,69,70)(H,71,72)/t23-,24-,25-,26-,27-,28-,29-,33+,34+,35+,36+,37+,38+,39+/m0/s1. The molecule has 0 saturated carbocycles.